The number of rotatable bonds is 6. The van der Waals surface area contributed by atoms with Crippen molar-refractivity contribution in [2.24, 2.45) is 34.5 Å². The number of nitrogens with zero attached hydrogens (tertiary/aromatic N) is 1. The lowest BCUT2D eigenvalue weighted by atomic mass is 9.41. The first-order chi connectivity index (χ1) is 16.2. The van der Waals surface area contributed by atoms with E-state index in [-0.39, 0.29) is 47.4 Å². The summed E-state index contributed by atoms with van der Waals surface area (Å²) in [6.45, 7) is 6.01. The van der Waals surface area contributed by atoms with E-state index in [2.05, 4.69) is 11.8 Å². The topological polar surface area (TPSA) is 97.7 Å². The summed E-state index contributed by atoms with van der Waals surface area (Å²) in [6.07, 6.45) is 2.65. The van der Waals surface area contributed by atoms with Crippen LogP contribution < -0.4 is 0 Å². The van der Waals surface area contributed by atoms with Crippen molar-refractivity contribution in [1.29, 1.82) is 0 Å². The molecule has 2 N–H and O–H groups in total. The Morgan fingerprint density at radius 2 is 1.91 bits per heavy atom. The van der Waals surface area contributed by atoms with E-state index in [1.807, 2.05) is 0 Å². The zero-order valence-electron chi connectivity index (χ0n) is 21.2. The van der Waals surface area contributed by atoms with Crippen molar-refractivity contribution in [3.05, 3.63) is 0 Å². The normalized spacial score (nSPS) is 57.0. The third-order valence-electron chi connectivity index (χ3n) is 11.5. The maximum Gasteiger partial charge on any atom is 0.302 e. The second-order valence-corrected chi connectivity index (χ2v) is 12.2. The molecule has 0 aromatic heterocycles. The smallest absolute Gasteiger partial charge is 0.302 e. The number of carbonyl (C=O) groups is 1. The highest BCUT2D eigenvalue weighted by Crippen LogP contribution is 2.80. The molecular formula is C26H41NO7. The Hall–Kier alpha value is -0.770. The molecule has 1 saturated heterocycles. The lowest BCUT2D eigenvalue weighted by Crippen LogP contribution is -2.82. The predicted octanol–water partition coefficient (Wildman–Crippen LogP) is 1.22. The van der Waals surface area contributed by atoms with Crippen LogP contribution in [-0.4, -0.2) is 97.7 Å². The first-order valence-electron chi connectivity index (χ1n) is 13.1. The summed E-state index contributed by atoms with van der Waals surface area (Å²) in [6, 6.07) is 0.0105. The number of piperidine rings is 1. The van der Waals surface area contributed by atoms with Gasteiger partial charge in [0.1, 0.15) is 6.10 Å². The molecule has 8 nitrogen and oxygen atoms in total. The Bertz CT molecular complexity index is 870. The molecule has 6 fully saturated rings. The van der Waals surface area contributed by atoms with Crippen molar-refractivity contribution >= 4 is 5.97 Å². The highest BCUT2D eigenvalue weighted by Gasteiger charge is 2.89. The highest BCUT2D eigenvalue weighted by atomic mass is 16.6. The number of methoxy groups -OCH3 is 3. The van der Waals surface area contributed by atoms with Crippen LogP contribution in [0.15, 0.2) is 0 Å². The molecule has 192 valence electrons. The summed E-state index contributed by atoms with van der Waals surface area (Å²) in [7, 11) is 5.21. The van der Waals surface area contributed by atoms with Gasteiger partial charge >= 0.3 is 5.97 Å². The van der Waals surface area contributed by atoms with E-state index in [0.29, 0.717) is 19.4 Å². The largest absolute Gasteiger partial charge is 0.462 e. The third kappa shape index (κ3) is 2.39. The van der Waals surface area contributed by atoms with E-state index in [4.69, 9.17) is 18.9 Å². The Balaban J connectivity index is 1.61. The number of fused-ring (bicyclic) bond motifs is 2. The number of ether oxygens (including phenoxy) is 4. The fraction of sp³-hybridized carbons (Fsp3) is 0.962. The summed E-state index contributed by atoms with van der Waals surface area (Å²) < 4.78 is 24.0. The molecule has 12 unspecified atom stereocenters. The molecule has 12 atom stereocenters. The van der Waals surface area contributed by atoms with E-state index < -0.39 is 28.6 Å². The van der Waals surface area contributed by atoms with Crippen molar-refractivity contribution < 1.29 is 34.0 Å². The lowest BCUT2D eigenvalue weighted by Gasteiger charge is -2.71. The Morgan fingerprint density at radius 3 is 2.53 bits per heavy atom. The quantitative estimate of drug-likeness (QED) is 0.549. The molecule has 0 aromatic rings. The van der Waals surface area contributed by atoms with Crippen molar-refractivity contribution in [2.45, 2.75) is 81.5 Å². The monoisotopic (exact) mass is 479 g/mol. The van der Waals surface area contributed by atoms with Gasteiger partial charge in [-0.2, -0.15) is 0 Å². The Morgan fingerprint density at radius 1 is 1.15 bits per heavy atom. The number of esters is 1. The van der Waals surface area contributed by atoms with Gasteiger partial charge in [-0.05, 0) is 38.1 Å². The first kappa shape index (κ1) is 23.6. The minimum atomic E-state index is -1.23. The molecule has 1 spiro atoms. The zero-order chi connectivity index (χ0) is 24.3. The average Bonchev–Trinajstić information content (AvgIpc) is 3.21. The van der Waals surface area contributed by atoms with E-state index in [0.717, 1.165) is 32.4 Å². The van der Waals surface area contributed by atoms with Crippen LogP contribution in [0.3, 0.4) is 0 Å². The fourth-order valence-electron chi connectivity index (χ4n) is 11.0. The van der Waals surface area contributed by atoms with Gasteiger partial charge in [0.2, 0.25) is 0 Å². The summed E-state index contributed by atoms with van der Waals surface area (Å²) in [4.78, 5) is 14.7. The average molecular weight is 480 g/mol. The molecular weight excluding hydrogens is 438 g/mol. The molecule has 1 aliphatic heterocycles. The van der Waals surface area contributed by atoms with Crippen molar-refractivity contribution in [3.63, 3.8) is 0 Å². The number of hydrogen-bond donors (Lipinski definition) is 2. The van der Waals surface area contributed by atoms with Crippen LogP contribution in [0, 0.1) is 34.5 Å². The molecule has 7 bridgehead atoms. The van der Waals surface area contributed by atoms with Crippen LogP contribution in [0.5, 0.6) is 0 Å². The molecule has 0 amide bonds. The van der Waals surface area contributed by atoms with Gasteiger partial charge in [0.15, 0.2) is 0 Å². The van der Waals surface area contributed by atoms with Crippen LogP contribution >= 0.6 is 0 Å². The Kier molecular flexibility index (Phi) is 5.13. The zero-order valence-corrected chi connectivity index (χ0v) is 21.2. The van der Waals surface area contributed by atoms with E-state index in [1.54, 1.807) is 21.3 Å². The highest BCUT2D eigenvalue weighted by molar-refractivity contribution is 5.66. The molecule has 34 heavy (non-hydrogen) atoms. The molecule has 6 aliphatic rings. The number of likely N-dealkylation sites (tertiary alicyclic amines) is 1. The standard InChI is InChI=1S/C26H41NO7/c1-6-27-12-23(13-31-3)8-7-19(33-5)26-18(23)9-16(22(26)27)24(29)11-17(32-4)15-10-25(26,30)21(24)20(15)34-14(2)28/h15-22,29-30H,6-13H2,1-5H3. The summed E-state index contributed by atoms with van der Waals surface area (Å²) >= 11 is 0. The summed E-state index contributed by atoms with van der Waals surface area (Å²) in [5, 5.41) is 25.7. The van der Waals surface area contributed by atoms with Gasteiger partial charge in [0.25, 0.3) is 0 Å². The maximum atomic E-state index is 13.1. The maximum absolute atomic E-state index is 13.1. The molecule has 6 rings (SSSR count). The van der Waals surface area contributed by atoms with Gasteiger partial charge in [-0.15, -0.1) is 0 Å². The van der Waals surface area contributed by atoms with Gasteiger partial charge in [0.05, 0.1) is 35.9 Å². The van der Waals surface area contributed by atoms with Crippen LogP contribution in [0.2, 0.25) is 0 Å². The second kappa shape index (κ2) is 7.39. The first-order valence-corrected chi connectivity index (χ1v) is 13.1. The minimum Gasteiger partial charge on any atom is -0.462 e. The van der Waals surface area contributed by atoms with Gasteiger partial charge < -0.3 is 29.2 Å². The van der Waals surface area contributed by atoms with Crippen LogP contribution in [0.1, 0.15) is 46.0 Å². The van der Waals surface area contributed by atoms with Crippen molar-refractivity contribution in [2.75, 3.05) is 41.0 Å². The SMILES string of the molecule is CCN1CC2(COC)CCC(OC)C34C1C(CC23)C1(O)CC(OC)C2CC4(O)C1C2OC(C)=O. The second-order valence-electron chi connectivity index (χ2n) is 12.2. The number of hydrogen-bond acceptors (Lipinski definition) is 8. The van der Waals surface area contributed by atoms with E-state index in [1.165, 1.54) is 6.92 Å². The van der Waals surface area contributed by atoms with E-state index in [9.17, 15) is 15.0 Å². The Labute approximate surface area is 202 Å². The van der Waals surface area contributed by atoms with Gasteiger partial charge in [-0.3, -0.25) is 9.69 Å². The molecule has 5 saturated carbocycles. The van der Waals surface area contributed by atoms with Crippen LogP contribution in [0.4, 0.5) is 0 Å². The predicted molar refractivity (Wildman–Crippen MR) is 122 cm³/mol. The number of carbonyl (C=O) groups excluding carboxylic acids is 1. The molecule has 5 aliphatic carbocycles. The molecule has 0 radical (unpaired) electrons. The minimum absolute atomic E-state index is 0.0105. The lowest BCUT2D eigenvalue weighted by molar-refractivity contribution is -0.328. The third-order valence-corrected chi connectivity index (χ3v) is 11.5. The molecule has 1 heterocycles. The number of aliphatic hydroxyl groups is 2. The van der Waals surface area contributed by atoms with Gasteiger partial charge in [0, 0.05) is 69.9 Å². The van der Waals surface area contributed by atoms with Gasteiger partial charge in [-0.25, -0.2) is 0 Å². The molecule has 0 aromatic carbocycles. The van der Waals surface area contributed by atoms with Crippen LogP contribution in [0.25, 0.3) is 0 Å². The van der Waals surface area contributed by atoms with Crippen molar-refractivity contribution in [1.82, 2.24) is 4.90 Å². The fourth-order valence-corrected chi connectivity index (χ4v) is 11.0. The van der Waals surface area contributed by atoms with E-state index >= 15 is 0 Å². The molecule has 8 heteroatoms. The van der Waals surface area contributed by atoms with Crippen molar-refractivity contribution in [3.8, 4) is 0 Å². The van der Waals surface area contributed by atoms with Crippen LogP contribution in [-0.2, 0) is 23.7 Å². The van der Waals surface area contributed by atoms with Gasteiger partial charge in [-0.1, -0.05) is 6.92 Å². The summed E-state index contributed by atoms with van der Waals surface area (Å²) in [5.74, 6) is -0.935. The summed E-state index contributed by atoms with van der Waals surface area (Å²) in [5.41, 5.74) is -3.05.